The molecule has 0 aliphatic carbocycles. The number of rotatable bonds is 3. The number of nitrogens with zero attached hydrogens (tertiary/aromatic N) is 4. The van der Waals surface area contributed by atoms with E-state index in [1.165, 1.54) is 12.1 Å². The summed E-state index contributed by atoms with van der Waals surface area (Å²) >= 11 is 0. The van der Waals surface area contributed by atoms with Gasteiger partial charge in [-0.05, 0) is 24.3 Å². The van der Waals surface area contributed by atoms with Crippen molar-refractivity contribution in [2.75, 3.05) is 0 Å². The summed E-state index contributed by atoms with van der Waals surface area (Å²) in [6.45, 7) is 0. The number of halogens is 5. The van der Waals surface area contributed by atoms with Crippen LogP contribution in [-0.4, -0.2) is 6.04 Å². The Labute approximate surface area is 104 Å². The molecule has 0 fully saturated rings. The van der Waals surface area contributed by atoms with Gasteiger partial charge in [-0.15, -0.1) is 0 Å². The lowest BCUT2D eigenvalue weighted by Crippen LogP contribution is -2.05. The first kappa shape index (κ1) is 14.9. The van der Waals surface area contributed by atoms with Crippen LogP contribution < -0.4 is 0 Å². The van der Waals surface area contributed by atoms with Gasteiger partial charge in [0.2, 0.25) is 6.04 Å². The van der Waals surface area contributed by atoms with Gasteiger partial charge in [0.15, 0.2) is 0 Å². The Morgan fingerprint density at radius 3 is 1.79 bits per heavy atom. The van der Waals surface area contributed by atoms with Gasteiger partial charge in [-0.3, -0.25) is 0 Å². The largest absolute Gasteiger partial charge is 0.310 e. The fraction of sp³-hybridized carbons (Fsp3) is 0.111. The van der Waals surface area contributed by atoms with Crippen LogP contribution >= 0.6 is 10.2 Å². The maximum absolute atomic E-state index is 12.4. The molecule has 102 valence electrons. The van der Waals surface area contributed by atoms with E-state index in [0.29, 0.717) is 12.1 Å². The highest BCUT2D eigenvalue weighted by Gasteiger charge is 2.65. The van der Waals surface area contributed by atoms with E-state index in [0.717, 1.165) is 0 Å². The van der Waals surface area contributed by atoms with E-state index in [-0.39, 0.29) is 17.8 Å². The average molecular weight is 296 g/mol. The zero-order valence-corrected chi connectivity index (χ0v) is 9.79. The summed E-state index contributed by atoms with van der Waals surface area (Å²) in [5.41, 5.74) is -0.180. The molecule has 0 atom stereocenters. The minimum Gasteiger partial charge on any atom is -0.195 e. The normalized spacial score (nSPS) is 15.6. The molecule has 0 N–H and O–H groups in total. The Morgan fingerprint density at radius 2 is 1.42 bits per heavy atom. The lowest BCUT2D eigenvalue weighted by molar-refractivity contribution is 0.364. The Morgan fingerprint density at radius 1 is 0.947 bits per heavy atom. The fourth-order valence-electron chi connectivity index (χ4n) is 0.975. The number of azo groups is 1. The molecule has 0 spiro atoms. The SMILES string of the molecule is N#CC(C#N)N=Nc1ccc(S(F)(F)(F)(F)F)cc1. The predicted molar refractivity (Wildman–Crippen MR) is 57.4 cm³/mol. The van der Waals surface area contributed by atoms with E-state index >= 15 is 0 Å². The summed E-state index contributed by atoms with van der Waals surface area (Å²) in [6, 6.07) is 3.18. The minimum atomic E-state index is -9.69. The van der Waals surface area contributed by atoms with Crippen molar-refractivity contribution in [3.63, 3.8) is 0 Å². The average Bonchev–Trinajstić information content (AvgIpc) is 2.28. The first-order valence-electron chi connectivity index (χ1n) is 4.50. The van der Waals surface area contributed by atoms with E-state index in [2.05, 4.69) is 10.2 Å². The van der Waals surface area contributed by atoms with Crippen LogP contribution in [0.2, 0.25) is 0 Å². The summed E-state index contributed by atoms with van der Waals surface area (Å²) < 4.78 is 61.8. The van der Waals surface area contributed by atoms with Crippen molar-refractivity contribution < 1.29 is 19.4 Å². The molecule has 0 unspecified atom stereocenters. The highest BCUT2D eigenvalue weighted by Crippen LogP contribution is 3.02. The highest BCUT2D eigenvalue weighted by atomic mass is 32.5. The summed E-state index contributed by atoms with van der Waals surface area (Å²) in [5, 5.41) is 23.2. The second kappa shape index (κ2) is 3.90. The van der Waals surface area contributed by atoms with Gasteiger partial charge in [0, 0.05) is 0 Å². The van der Waals surface area contributed by atoms with Crippen molar-refractivity contribution >= 4 is 15.9 Å². The van der Waals surface area contributed by atoms with E-state index in [9.17, 15) is 19.4 Å². The molecule has 0 heterocycles. The van der Waals surface area contributed by atoms with Crippen LogP contribution in [-0.2, 0) is 0 Å². The zero-order valence-electron chi connectivity index (χ0n) is 8.97. The highest BCUT2D eigenvalue weighted by molar-refractivity contribution is 8.45. The molecule has 10 heteroatoms. The molecule has 19 heavy (non-hydrogen) atoms. The first-order chi connectivity index (χ1) is 8.46. The third-order valence-corrected chi connectivity index (χ3v) is 2.98. The van der Waals surface area contributed by atoms with Gasteiger partial charge in [-0.1, -0.05) is 19.4 Å². The van der Waals surface area contributed by atoms with Gasteiger partial charge in [0.1, 0.15) is 17.0 Å². The maximum atomic E-state index is 12.4. The smallest absolute Gasteiger partial charge is 0.195 e. The number of benzene rings is 1. The van der Waals surface area contributed by atoms with E-state index in [1.807, 2.05) is 0 Å². The molecular formula is C9H5F5N4S. The topological polar surface area (TPSA) is 72.3 Å². The minimum absolute atomic E-state index is 0.170. The van der Waals surface area contributed by atoms with Crippen LogP contribution in [0.4, 0.5) is 25.1 Å². The number of hydrogen-bond donors (Lipinski definition) is 0. The fourth-order valence-corrected chi connectivity index (χ4v) is 1.63. The molecule has 1 aromatic rings. The van der Waals surface area contributed by atoms with Crippen LogP contribution in [0.3, 0.4) is 0 Å². The Bertz CT molecular complexity index is 579. The quantitative estimate of drug-likeness (QED) is 0.591. The Balaban J connectivity index is 3.04. The molecule has 4 nitrogen and oxygen atoms in total. The molecule has 0 saturated heterocycles. The molecule has 0 aliphatic heterocycles. The molecule has 0 bridgehead atoms. The maximum Gasteiger partial charge on any atom is 0.310 e. The molecule has 1 rings (SSSR count). The van der Waals surface area contributed by atoms with Gasteiger partial charge in [-0.2, -0.15) is 20.8 Å². The second-order valence-electron chi connectivity index (χ2n) is 3.34. The lowest BCUT2D eigenvalue weighted by Gasteiger charge is -2.40. The van der Waals surface area contributed by atoms with Gasteiger partial charge >= 0.3 is 10.2 Å². The van der Waals surface area contributed by atoms with Crippen molar-refractivity contribution in [3.8, 4) is 12.1 Å². The molecule has 0 amide bonds. The summed E-state index contributed by atoms with van der Waals surface area (Å²) in [5.74, 6) is 0. The lowest BCUT2D eigenvalue weighted by atomic mass is 10.3. The second-order valence-corrected chi connectivity index (χ2v) is 5.75. The van der Waals surface area contributed by atoms with Crippen LogP contribution in [0.25, 0.3) is 0 Å². The molecule has 0 radical (unpaired) electrons. The van der Waals surface area contributed by atoms with Crippen molar-refractivity contribution in [2.24, 2.45) is 10.2 Å². The third-order valence-electron chi connectivity index (χ3n) is 1.82. The third kappa shape index (κ3) is 4.19. The van der Waals surface area contributed by atoms with Crippen LogP contribution in [0, 0.1) is 22.7 Å². The van der Waals surface area contributed by atoms with Gasteiger partial charge in [0.25, 0.3) is 0 Å². The zero-order chi connectivity index (χ0) is 14.8. The molecular weight excluding hydrogens is 291 g/mol. The number of nitriles is 2. The van der Waals surface area contributed by atoms with Crippen molar-refractivity contribution in [2.45, 2.75) is 10.9 Å². The molecule has 0 aromatic heterocycles. The summed E-state index contributed by atoms with van der Waals surface area (Å²) in [7, 11) is -9.69. The van der Waals surface area contributed by atoms with Crippen LogP contribution in [0.5, 0.6) is 0 Å². The standard InChI is InChI=1S/C9H5F5N4S/c10-19(11,12,13,14)9-3-1-7(2-4-9)17-18-8(5-15)6-16/h1-4,8H. The van der Waals surface area contributed by atoms with Gasteiger partial charge < -0.3 is 0 Å². The molecule has 0 aliphatic rings. The van der Waals surface area contributed by atoms with E-state index < -0.39 is 21.2 Å². The van der Waals surface area contributed by atoms with Crippen molar-refractivity contribution in [3.05, 3.63) is 24.3 Å². The van der Waals surface area contributed by atoms with Crippen LogP contribution in [0.15, 0.2) is 39.4 Å². The van der Waals surface area contributed by atoms with Crippen molar-refractivity contribution in [1.29, 1.82) is 10.5 Å². The van der Waals surface area contributed by atoms with E-state index in [4.69, 9.17) is 10.5 Å². The van der Waals surface area contributed by atoms with Gasteiger partial charge in [0.05, 0.1) is 5.69 Å². The molecule has 0 saturated carbocycles. The molecule has 1 aromatic carbocycles. The van der Waals surface area contributed by atoms with Crippen LogP contribution in [0.1, 0.15) is 0 Å². The summed E-state index contributed by atoms with van der Waals surface area (Å²) in [4.78, 5) is -2.05. The van der Waals surface area contributed by atoms with Gasteiger partial charge in [-0.25, -0.2) is 0 Å². The Kier molecular flexibility index (Phi) is 3.05. The predicted octanol–water partition coefficient (Wildman–Crippen LogP) is 4.84. The van der Waals surface area contributed by atoms with E-state index in [1.54, 1.807) is 0 Å². The monoisotopic (exact) mass is 296 g/mol. The Hall–Kier alpha value is -2.20. The number of hydrogen-bond acceptors (Lipinski definition) is 4. The first-order valence-corrected chi connectivity index (χ1v) is 6.45. The van der Waals surface area contributed by atoms with Crippen molar-refractivity contribution in [1.82, 2.24) is 0 Å². The summed E-state index contributed by atoms with van der Waals surface area (Å²) in [6.07, 6.45) is 0.